The van der Waals surface area contributed by atoms with Crippen LogP contribution in [0, 0.1) is 17.3 Å². The van der Waals surface area contributed by atoms with Crippen molar-refractivity contribution in [3.63, 3.8) is 0 Å². The average molecular weight is 166 g/mol. The number of carbonyl (C=O) groups is 1. The number of rotatable bonds is 2. The molecule has 2 atom stereocenters. The molecule has 0 spiro atoms. The Bertz CT molecular complexity index is 213. The predicted molar refractivity (Wildman–Crippen MR) is 50.9 cm³/mol. The quantitative estimate of drug-likeness (QED) is 0.455. The Labute approximate surface area is 74.9 Å². The summed E-state index contributed by atoms with van der Waals surface area (Å²) in [5.41, 5.74) is 1.65. The summed E-state index contributed by atoms with van der Waals surface area (Å²) in [7, 11) is 0. The van der Waals surface area contributed by atoms with Crippen LogP contribution in [0.2, 0.25) is 0 Å². The third-order valence-corrected chi connectivity index (χ3v) is 3.47. The van der Waals surface area contributed by atoms with Gasteiger partial charge < -0.3 is 4.79 Å². The molecule has 0 radical (unpaired) electrons. The van der Waals surface area contributed by atoms with Gasteiger partial charge in [-0.3, -0.25) is 0 Å². The lowest BCUT2D eigenvalue weighted by Gasteiger charge is -2.31. The highest BCUT2D eigenvalue weighted by Gasteiger charge is 2.37. The van der Waals surface area contributed by atoms with E-state index in [0.29, 0.717) is 5.92 Å². The number of allylic oxidation sites excluding steroid dienone is 2. The van der Waals surface area contributed by atoms with Crippen LogP contribution in [-0.4, -0.2) is 6.29 Å². The molecule has 12 heavy (non-hydrogen) atoms. The van der Waals surface area contributed by atoms with E-state index < -0.39 is 0 Å². The van der Waals surface area contributed by atoms with Gasteiger partial charge in [0.15, 0.2) is 0 Å². The van der Waals surface area contributed by atoms with E-state index in [0.717, 1.165) is 12.7 Å². The summed E-state index contributed by atoms with van der Waals surface area (Å²) in [6, 6.07) is 0. The Morgan fingerprint density at radius 1 is 1.67 bits per heavy atom. The summed E-state index contributed by atoms with van der Waals surface area (Å²) in [6.45, 7) is 8.65. The summed E-state index contributed by atoms with van der Waals surface area (Å²) in [5.74, 6) is 0.698. The molecule has 68 valence electrons. The molecule has 0 bridgehead atoms. The van der Waals surface area contributed by atoms with Crippen LogP contribution >= 0.6 is 0 Å². The van der Waals surface area contributed by atoms with Crippen LogP contribution < -0.4 is 0 Å². The second-order valence-electron chi connectivity index (χ2n) is 4.45. The number of hydrogen-bond acceptors (Lipinski definition) is 1. The molecule has 0 aromatic rings. The molecule has 0 aliphatic heterocycles. The Morgan fingerprint density at radius 2 is 2.25 bits per heavy atom. The van der Waals surface area contributed by atoms with Gasteiger partial charge in [0.05, 0.1) is 0 Å². The third kappa shape index (κ3) is 1.33. The first-order chi connectivity index (χ1) is 5.50. The van der Waals surface area contributed by atoms with Gasteiger partial charge in [-0.15, -0.1) is 0 Å². The van der Waals surface area contributed by atoms with Crippen LogP contribution in [0.4, 0.5) is 0 Å². The molecule has 0 heterocycles. The lowest BCUT2D eigenvalue weighted by Crippen LogP contribution is -2.26. The number of hydrogen-bond donors (Lipinski definition) is 0. The van der Waals surface area contributed by atoms with E-state index >= 15 is 0 Å². The molecule has 0 saturated carbocycles. The summed E-state index contributed by atoms with van der Waals surface area (Å²) in [5, 5.41) is 0. The minimum atomic E-state index is 0.189. The second kappa shape index (κ2) is 3.04. The fourth-order valence-electron chi connectivity index (χ4n) is 2.12. The van der Waals surface area contributed by atoms with Gasteiger partial charge in [-0.05, 0) is 24.7 Å². The SMILES string of the molecule is CC1=CCC([C@H](C)C=O)C1(C)C. The van der Waals surface area contributed by atoms with E-state index in [-0.39, 0.29) is 11.3 Å². The van der Waals surface area contributed by atoms with Gasteiger partial charge in [-0.2, -0.15) is 0 Å². The average Bonchev–Trinajstić information content (AvgIpc) is 2.27. The van der Waals surface area contributed by atoms with E-state index in [2.05, 4.69) is 26.8 Å². The summed E-state index contributed by atoms with van der Waals surface area (Å²) in [4.78, 5) is 10.7. The molecule has 1 heteroatoms. The van der Waals surface area contributed by atoms with Crippen molar-refractivity contribution in [2.45, 2.75) is 34.1 Å². The summed E-state index contributed by atoms with van der Waals surface area (Å²) in [6.07, 6.45) is 4.42. The Kier molecular flexibility index (Phi) is 2.41. The van der Waals surface area contributed by atoms with Crippen LogP contribution in [0.25, 0.3) is 0 Å². The zero-order valence-corrected chi connectivity index (χ0v) is 8.42. The highest BCUT2D eigenvalue weighted by Crippen LogP contribution is 2.45. The van der Waals surface area contributed by atoms with Crippen LogP contribution in [0.15, 0.2) is 11.6 Å². The van der Waals surface area contributed by atoms with Crippen LogP contribution in [0.5, 0.6) is 0 Å². The van der Waals surface area contributed by atoms with Crippen molar-refractivity contribution in [2.75, 3.05) is 0 Å². The van der Waals surface area contributed by atoms with Gasteiger partial charge in [0.2, 0.25) is 0 Å². The maximum atomic E-state index is 10.7. The lowest BCUT2D eigenvalue weighted by atomic mass is 9.72. The predicted octanol–water partition coefficient (Wildman–Crippen LogP) is 2.81. The Balaban J connectivity index is 2.80. The van der Waals surface area contributed by atoms with Crippen LogP contribution in [0.1, 0.15) is 34.1 Å². The fraction of sp³-hybridized carbons (Fsp3) is 0.727. The van der Waals surface area contributed by atoms with Crippen LogP contribution in [-0.2, 0) is 4.79 Å². The molecule has 0 N–H and O–H groups in total. The summed E-state index contributed by atoms with van der Waals surface area (Å²) < 4.78 is 0. The topological polar surface area (TPSA) is 17.1 Å². The van der Waals surface area contributed by atoms with Gasteiger partial charge in [0.1, 0.15) is 6.29 Å². The highest BCUT2D eigenvalue weighted by molar-refractivity contribution is 5.54. The zero-order valence-electron chi connectivity index (χ0n) is 8.42. The molecule has 1 nitrogen and oxygen atoms in total. The van der Waals surface area contributed by atoms with Crippen molar-refractivity contribution in [3.05, 3.63) is 11.6 Å². The lowest BCUT2D eigenvalue weighted by molar-refractivity contribution is -0.112. The smallest absolute Gasteiger partial charge is 0.123 e. The fourth-order valence-corrected chi connectivity index (χ4v) is 2.12. The maximum absolute atomic E-state index is 10.7. The first kappa shape index (κ1) is 9.50. The first-order valence-corrected chi connectivity index (χ1v) is 4.62. The van der Waals surface area contributed by atoms with Gasteiger partial charge in [0.25, 0.3) is 0 Å². The Hall–Kier alpha value is -0.590. The van der Waals surface area contributed by atoms with E-state index in [1.165, 1.54) is 5.57 Å². The van der Waals surface area contributed by atoms with E-state index in [1.54, 1.807) is 0 Å². The van der Waals surface area contributed by atoms with Gasteiger partial charge in [-0.1, -0.05) is 32.4 Å². The minimum Gasteiger partial charge on any atom is -0.303 e. The normalized spacial score (nSPS) is 29.7. The van der Waals surface area contributed by atoms with E-state index in [1.807, 2.05) is 6.92 Å². The van der Waals surface area contributed by atoms with Crippen LogP contribution in [0.3, 0.4) is 0 Å². The molecular formula is C11H18O. The highest BCUT2D eigenvalue weighted by atomic mass is 16.1. The monoisotopic (exact) mass is 166 g/mol. The van der Waals surface area contributed by atoms with Crippen molar-refractivity contribution in [2.24, 2.45) is 17.3 Å². The first-order valence-electron chi connectivity index (χ1n) is 4.62. The van der Waals surface area contributed by atoms with Gasteiger partial charge in [0, 0.05) is 5.92 Å². The molecule has 0 saturated heterocycles. The summed E-state index contributed by atoms with van der Waals surface area (Å²) >= 11 is 0. The second-order valence-corrected chi connectivity index (χ2v) is 4.45. The molecule has 1 aliphatic rings. The standard InChI is InChI=1S/C11H18O/c1-8(7-12)10-6-5-9(2)11(10,3)4/h5,7-8,10H,6H2,1-4H3/t8-,10?/m1/s1. The molecule has 1 unspecified atom stereocenters. The molecule has 0 aromatic heterocycles. The van der Waals surface area contributed by atoms with Crippen molar-refractivity contribution >= 4 is 6.29 Å². The Morgan fingerprint density at radius 3 is 2.58 bits per heavy atom. The molecule has 0 amide bonds. The van der Waals surface area contributed by atoms with Gasteiger partial charge >= 0.3 is 0 Å². The molecular weight excluding hydrogens is 148 g/mol. The largest absolute Gasteiger partial charge is 0.303 e. The van der Waals surface area contributed by atoms with Crippen molar-refractivity contribution in [1.29, 1.82) is 0 Å². The molecule has 0 aromatic carbocycles. The zero-order chi connectivity index (χ0) is 9.35. The third-order valence-electron chi connectivity index (χ3n) is 3.47. The molecule has 0 fully saturated rings. The number of carbonyl (C=O) groups excluding carboxylic acids is 1. The maximum Gasteiger partial charge on any atom is 0.123 e. The minimum absolute atomic E-state index is 0.189. The molecule has 1 aliphatic carbocycles. The van der Waals surface area contributed by atoms with E-state index in [4.69, 9.17) is 0 Å². The van der Waals surface area contributed by atoms with Crippen molar-refractivity contribution in [3.8, 4) is 0 Å². The number of aldehydes is 1. The van der Waals surface area contributed by atoms with Crippen molar-refractivity contribution in [1.82, 2.24) is 0 Å². The molecule has 1 rings (SSSR count). The van der Waals surface area contributed by atoms with Gasteiger partial charge in [-0.25, -0.2) is 0 Å². The van der Waals surface area contributed by atoms with Crippen molar-refractivity contribution < 1.29 is 4.79 Å². The van der Waals surface area contributed by atoms with E-state index in [9.17, 15) is 4.79 Å².